The second-order valence-corrected chi connectivity index (χ2v) is 6.23. The van der Waals surface area contributed by atoms with Gasteiger partial charge in [0.1, 0.15) is 0 Å². The molecule has 0 aromatic heterocycles. The Labute approximate surface area is 149 Å². The van der Waals surface area contributed by atoms with E-state index in [1.807, 2.05) is 73.5 Å². The topological polar surface area (TPSA) is 55.8 Å². The van der Waals surface area contributed by atoms with Gasteiger partial charge in [0.15, 0.2) is 0 Å². The van der Waals surface area contributed by atoms with Crippen molar-refractivity contribution < 1.29 is 9.90 Å². The monoisotopic (exact) mass is 341 g/mol. The minimum absolute atomic E-state index is 0.0275. The van der Waals surface area contributed by atoms with Gasteiger partial charge in [0.05, 0.1) is 6.61 Å². The van der Waals surface area contributed by atoms with E-state index in [1.54, 1.807) is 11.9 Å². The fourth-order valence-corrected chi connectivity index (χ4v) is 2.62. The first-order chi connectivity index (χ1) is 12.0. The van der Waals surface area contributed by atoms with Gasteiger partial charge in [0.2, 0.25) is 5.91 Å². The number of benzene rings is 2. The zero-order chi connectivity index (χ0) is 18.2. The highest BCUT2D eigenvalue weighted by Crippen LogP contribution is 2.18. The van der Waals surface area contributed by atoms with Crippen molar-refractivity contribution in [1.82, 2.24) is 0 Å². The molecule has 1 amide bonds. The fraction of sp³-hybridized carbons (Fsp3) is 0.350. The van der Waals surface area contributed by atoms with E-state index in [2.05, 4.69) is 5.32 Å². The predicted molar refractivity (Wildman–Crippen MR) is 104 cm³/mol. The van der Waals surface area contributed by atoms with Gasteiger partial charge < -0.3 is 20.2 Å². The van der Waals surface area contributed by atoms with Gasteiger partial charge in [0, 0.05) is 50.2 Å². The second-order valence-electron chi connectivity index (χ2n) is 6.23. The molecule has 1 atom stereocenters. The number of likely N-dealkylation sites (N-methyl/N-ethyl adjacent to an activating group) is 1. The normalized spacial score (nSPS) is 11.7. The van der Waals surface area contributed by atoms with Crippen LogP contribution in [0, 0.1) is 0 Å². The molecule has 5 nitrogen and oxygen atoms in total. The van der Waals surface area contributed by atoms with Crippen molar-refractivity contribution in [3.05, 3.63) is 54.6 Å². The summed E-state index contributed by atoms with van der Waals surface area (Å²) in [6.45, 7) is 2.73. The van der Waals surface area contributed by atoms with Crippen LogP contribution in [0.2, 0.25) is 0 Å². The SMILES string of the molecule is CC(CC(=O)N(C)c1ccccc1)Nc1ccc(N(C)CCO)cc1. The third kappa shape index (κ3) is 5.50. The van der Waals surface area contributed by atoms with Crippen LogP contribution in [0.5, 0.6) is 0 Å². The molecule has 5 heteroatoms. The maximum atomic E-state index is 12.4. The van der Waals surface area contributed by atoms with Gasteiger partial charge in [-0.25, -0.2) is 0 Å². The van der Waals surface area contributed by atoms with E-state index in [-0.39, 0.29) is 18.6 Å². The molecule has 0 radical (unpaired) electrons. The Bertz CT molecular complexity index is 658. The maximum absolute atomic E-state index is 12.4. The van der Waals surface area contributed by atoms with Crippen molar-refractivity contribution in [2.45, 2.75) is 19.4 Å². The van der Waals surface area contributed by atoms with Crippen LogP contribution in [-0.2, 0) is 4.79 Å². The number of hydrogen-bond acceptors (Lipinski definition) is 4. The van der Waals surface area contributed by atoms with Crippen molar-refractivity contribution >= 4 is 23.0 Å². The molecule has 2 aromatic rings. The molecule has 2 N–H and O–H groups in total. The summed E-state index contributed by atoms with van der Waals surface area (Å²) in [5.41, 5.74) is 2.92. The van der Waals surface area contributed by atoms with Crippen LogP contribution < -0.4 is 15.1 Å². The Kier molecular flexibility index (Phi) is 6.83. The van der Waals surface area contributed by atoms with Crippen LogP contribution in [0.1, 0.15) is 13.3 Å². The molecule has 0 aliphatic carbocycles. The fourth-order valence-electron chi connectivity index (χ4n) is 2.62. The van der Waals surface area contributed by atoms with Crippen molar-refractivity contribution in [3.63, 3.8) is 0 Å². The summed E-state index contributed by atoms with van der Waals surface area (Å²) in [5.74, 6) is 0.0745. The van der Waals surface area contributed by atoms with Gasteiger partial charge >= 0.3 is 0 Å². The first-order valence-corrected chi connectivity index (χ1v) is 8.51. The number of anilines is 3. The predicted octanol–water partition coefficient (Wildman–Crippen LogP) is 2.97. The van der Waals surface area contributed by atoms with E-state index in [0.717, 1.165) is 17.1 Å². The summed E-state index contributed by atoms with van der Waals surface area (Å²) in [6, 6.07) is 17.7. The van der Waals surface area contributed by atoms with Gasteiger partial charge in [-0.1, -0.05) is 18.2 Å². The van der Waals surface area contributed by atoms with Gasteiger partial charge in [0.25, 0.3) is 0 Å². The number of rotatable bonds is 8. The molecule has 0 saturated heterocycles. The summed E-state index contributed by atoms with van der Waals surface area (Å²) in [4.78, 5) is 16.1. The quantitative estimate of drug-likeness (QED) is 0.775. The highest BCUT2D eigenvalue weighted by molar-refractivity contribution is 5.93. The third-order valence-corrected chi connectivity index (χ3v) is 4.15. The second kappa shape index (κ2) is 9.08. The number of aliphatic hydroxyl groups excluding tert-OH is 1. The van der Waals surface area contributed by atoms with Crippen LogP contribution in [-0.4, -0.2) is 44.3 Å². The Hall–Kier alpha value is -2.53. The van der Waals surface area contributed by atoms with Crippen molar-refractivity contribution in [3.8, 4) is 0 Å². The molecule has 2 aromatic carbocycles. The van der Waals surface area contributed by atoms with Crippen molar-refractivity contribution in [2.75, 3.05) is 42.4 Å². The van der Waals surface area contributed by atoms with E-state index in [4.69, 9.17) is 5.11 Å². The number of aliphatic hydroxyl groups is 1. The lowest BCUT2D eigenvalue weighted by molar-refractivity contribution is -0.118. The number of nitrogens with one attached hydrogen (secondary N) is 1. The van der Waals surface area contributed by atoms with Gasteiger partial charge in [-0.05, 0) is 43.3 Å². The van der Waals surface area contributed by atoms with Gasteiger partial charge in [-0.15, -0.1) is 0 Å². The number of carbonyl (C=O) groups is 1. The van der Waals surface area contributed by atoms with E-state index in [0.29, 0.717) is 13.0 Å². The lowest BCUT2D eigenvalue weighted by atomic mass is 10.2. The molecule has 0 fully saturated rings. The molecule has 2 rings (SSSR count). The Morgan fingerprint density at radius 2 is 1.68 bits per heavy atom. The minimum Gasteiger partial charge on any atom is -0.395 e. The minimum atomic E-state index is 0.0275. The Morgan fingerprint density at radius 3 is 2.28 bits per heavy atom. The smallest absolute Gasteiger partial charge is 0.228 e. The summed E-state index contributed by atoms with van der Waals surface area (Å²) in [5, 5.41) is 12.4. The van der Waals surface area contributed by atoms with E-state index >= 15 is 0 Å². The summed E-state index contributed by atoms with van der Waals surface area (Å²) >= 11 is 0. The Morgan fingerprint density at radius 1 is 1.04 bits per heavy atom. The Balaban J connectivity index is 1.89. The van der Waals surface area contributed by atoms with Crippen LogP contribution in [0.25, 0.3) is 0 Å². The van der Waals surface area contributed by atoms with E-state index < -0.39 is 0 Å². The molecule has 0 aliphatic heterocycles. The highest BCUT2D eigenvalue weighted by atomic mass is 16.3. The molecule has 25 heavy (non-hydrogen) atoms. The molecule has 0 aliphatic rings. The van der Waals surface area contributed by atoms with E-state index in [9.17, 15) is 4.79 Å². The zero-order valence-corrected chi connectivity index (χ0v) is 15.1. The van der Waals surface area contributed by atoms with Crippen molar-refractivity contribution in [1.29, 1.82) is 0 Å². The molecule has 0 heterocycles. The standard InChI is InChI=1S/C20H27N3O2/c1-16(15-20(25)23(3)19-7-5-4-6-8-19)21-17-9-11-18(12-10-17)22(2)13-14-24/h4-12,16,21,24H,13-15H2,1-3H3. The first-order valence-electron chi connectivity index (χ1n) is 8.51. The van der Waals surface area contributed by atoms with Crippen LogP contribution in [0.15, 0.2) is 54.6 Å². The van der Waals surface area contributed by atoms with Crippen LogP contribution in [0.4, 0.5) is 17.1 Å². The lowest BCUT2D eigenvalue weighted by Gasteiger charge is -2.22. The number of hydrogen-bond donors (Lipinski definition) is 2. The number of amides is 1. The first kappa shape index (κ1) is 18.8. The molecule has 0 saturated carbocycles. The van der Waals surface area contributed by atoms with Gasteiger partial charge in [-0.2, -0.15) is 0 Å². The third-order valence-electron chi connectivity index (χ3n) is 4.15. The average Bonchev–Trinajstić information content (AvgIpc) is 2.62. The number of carbonyl (C=O) groups excluding carboxylic acids is 1. The maximum Gasteiger partial charge on any atom is 0.228 e. The molecule has 134 valence electrons. The van der Waals surface area contributed by atoms with Gasteiger partial charge in [-0.3, -0.25) is 4.79 Å². The van der Waals surface area contributed by atoms with Crippen molar-refractivity contribution in [2.24, 2.45) is 0 Å². The summed E-state index contributed by atoms with van der Waals surface area (Å²) < 4.78 is 0. The lowest BCUT2D eigenvalue weighted by Crippen LogP contribution is -2.31. The largest absolute Gasteiger partial charge is 0.395 e. The molecule has 0 spiro atoms. The summed E-state index contributed by atoms with van der Waals surface area (Å²) in [7, 11) is 3.75. The van der Waals surface area contributed by atoms with Crippen LogP contribution >= 0.6 is 0 Å². The van der Waals surface area contributed by atoms with E-state index in [1.165, 1.54) is 0 Å². The molecule has 0 bridgehead atoms. The molecular formula is C20H27N3O2. The highest BCUT2D eigenvalue weighted by Gasteiger charge is 2.14. The van der Waals surface area contributed by atoms with Crippen LogP contribution in [0.3, 0.4) is 0 Å². The molecule has 1 unspecified atom stereocenters. The number of nitrogens with zero attached hydrogens (tertiary/aromatic N) is 2. The average molecular weight is 341 g/mol. The summed E-state index contributed by atoms with van der Waals surface area (Å²) in [6.07, 6.45) is 0.414. The number of para-hydroxylation sites is 1. The molecular weight excluding hydrogens is 314 g/mol. The zero-order valence-electron chi connectivity index (χ0n) is 15.1.